The summed E-state index contributed by atoms with van der Waals surface area (Å²) in [7, 11) is 6.61. The molecular formula is C33H39Cl3O6SiTi. The first-order chi connectivity index (χ1) is 19.3. The van der Waals surface area contributed by atoms with Crippen LogP contribution in [0.4, 0.5) is 0 Å². The summed E-state index contributed by atoms with van der Waals surface area (Å²) in [6.45, 7) is 8.74. The van der Waals surface area contributed by atoms with E-state index in [4.69, 9.17) is 28.4 Å². The Hall–Kier alpha value is -2.39. The topological polar surface area (TPSA) is 55.4 Å². The molecule has 4 aromatic rings. The van der Waals surface area contributed by atoms with Crippen LogP contribution in [0, 0.1) is 27.7 Å². The molecule has 0 amide bonds. The molecule has 0 aromatic heterocycles. The predicted molar refractivity (Wildman–Crippen MR) is 164 cm³/mol. The van der Waals surface area contributed by atoms with Crippen LogP contribution in [-0.4, -0.2) is 50.7 Å². The van der Waals surface area contributed by atoms with Gasteiger partial charge in [-0.3, -0.25) is 0 Å². The van der Waals surface area contributed by atoms with Crippen LogP contribution in [0.5, 0.6) is 34.5 Å². The Balaban J connectivity index is 0.00000462. The molecular weight excluding hydrogens is 675 g/mol. The van der Waals surface area contributed by atoms with Crippen molar-refractivity contribution in [2.75, 3.05) is 42.7 Å². The van der Waals surface area contributed by atoms with Crippen molar-refractivity contribution in [2.24, 2.45) is 0 Å². The van der Waals surface area contributed by atoms with E-state index in [9.17, 15) is 0 Å². The summed E-state index contributed by atoms with van der Waals surface area (Å²) in [5, 5.41) is 3.95. The molecule has 11 heteroatoms. The van der Waals surface area contributed by atoms with E-state index >= 15 is 0 Å². The van der Waals surface area contributed by atoms with Crippen molar-refractivity contribution in [3.63, 3.8) is 0 Å². The number of rotatable bonds is 10. The van der Waals surface area contributed by atoms with E-state index in [1.807, 2.05) is 54.6 Å². The Labute approximate surface area is 296 Å². The molecule has 6 nitrogen and oxygen atoms in total. The van der Waals surface area contributed by atoms with Gasteiger partial charge in [0.2, 0.25) is 0 Å². The Bertz CT molecular complexity index is 1320. The van der Waals surface area contributed by atoms with Crippen molar-refractivity contribution < 1.29 is 87.4 Å². The minimum Gasteiger partial charge on any atom is -1.00 e. The van der Waals surface area contributed by atoms with E-state index in [1.54, 1.807) is 42.7 Å². The zero-order chi connectivity index (χ0) is 29.2. The van der Waals surface area contributed by atoms with Gasteiger partial charge in [0.25, 0.3) is 0 Å². The van der Waals surface area contributed by atoms with E-state index in [-0.39, 0.29) is 58.9 Å². The van der Waals surface area contributed by atoms with Crippen molar-refractivity contribution >= 4 is 28.8 Å². The largest absolute Gasteiger partial charge is 4.00 e. The Morgan fingerprint density at radius 3 is 0.818 bits per heavy atom. The number of benzene rings is 3. The standard InChI is InChI=1S/C33H39O6Si.3ClH.Ti/c1-20-21(2)23(4)30(22(20)3)40(31-24(34-5)14-11-15-25(31)35-6,32-26(36-7)16-12-17-27(32)37-8)33-28(38-9)18-13-19-29(33)39-10;;;;/h11-19H,1-10H3;3*1H;/q-1;;;;+4/p-3. The maximum absolute atomic E-state index is 6.16. The minimum absolute atomic E-state index is 0. The van der Waals surface area contributed by atoms with E-state index in [0.29, 0.717) is 34.5 Å². The SMILES string of the molecule is COc1cccc(OC)c1[Si](c1c(OC)cccc1OC)(c1c(OC)cccc1OC)[c-]1c(C)c(C)c(C)c1C.[Cl-].[Cl-].[Cl-].[Ti+4]. The van der Waals surface area contributed by atoms with Crippen LogP contribution in [0.25, 0.3) is 0 Å². The van der Waals surface area contributed by atoms with Gasteiger partial charge >= 0.3 is 21.7 Å². The maximum atomic E-state index is 6.16. The van der Waals surface area contributed by atoms with Crippen LogP contribution >= 0.6 is 0 Å². The van der Waals surface area contributed by atoms with Gasteiger partial charge < -0.3 is 65.6 Å². The smallest absolute Gasteiger partial charge is 1.00 e. The number of ether oxygens (including phenoxy) is 6. The van der Waals surface area contributed by atoms with Gasteiger partial charge in [-0.25, -0.2) is 0 Å². The van der Waals surface area contributed by atoms with E-state index < -0.39 is 8.07 Å². The molecule has 4 aromatic carbocycles. The third-order valence-electron chi connectivity index (χ3n) is 8.22. The summed E-state index contributed by atoms with van der Waals surface area (Å²) in [4.78, 5) is 0. The fourth-order valence-corrected chi connectivity index (χ4v) is 12.5. The van der Waals surface area contributed by atoms with Crippen molar-refractivity contribution in [1.82, 2.24) is 0 Å². The first-order valence-electron chi connectivity index (χ1n) is 13.2. The number of hydrogen-bond donors (Lipinski definition) is 0. The zero-order valence-corrected chi connectivity index (χ0v) is 31.6. The van der Waals surface area contributed by atoms with Crippen molar-refractivity contribution in [3.8, 4) is 34.5 Å². The fourth-order valence-electron chi connectivity index (χ4n) is 6.19. The van der Waals surface area contributed by atoms with Gasteiger partial charge in [0.05, 0.1) is 42.7 Å². The van der Waals surface area contributed by atoms with Gasteiger partial charge in [-0.05, 0) is 36.4 Å². The maximum Gasteiger partial charge on any atom is 4.00 e. The third kappa shape index (κ3) is 6.46. The van der Waals surface area contributed by atoms with E-state index in [0.717, 1.165) is 15.6 Å². The van der Waals surface area contributed by atoms with Gasteiger partial charge in [-0.1, -0.05) is 45.9 Å². The summed E-state index contributed by atoms with van der Waals surface area (Å²) < 4.78 is 37.0. The molecule has 0 aliphatic heterocycles. The second-order valence-electron chi connectivity index (χ2n) is 9.74. The molecule has 0 N–H and O–H groups in total. The molecule has 4 rings (SSSR count). The van der Waals surface area contributed by atoms with Gasteiger partial charge in [0.15, 0.2) is 8.07 Å². The second-order valence-corrected chi connectivity index (χ2v) is 13.2. The van der Waals surface area contributed by atoms with Crippen molar-refractivity contribution in [1.29, 1.82) is 0 Å². The average molecular weight is 714 g/mol. The Morgan fingerprint density at radius 1 is 0.432 bits per heavy atom. The summed E-state index contributed by atoms with van der Waals surface area (Å²) in [6.07, 6.45) is 0. The van der Waals surface area contributed by atoms with Crippen LogP contribution in [0.15, 0.2) is 54.6 Å². The predicted octanol–water partition coefficient (Wildman–Crippen LogP) is -4.92. The molecule has 44 heavy (non-hydrogen) atoms. The Kier molecular flexibility index (Phi) is 16.4. The summed E-state index contributed by atoms with van der Waals surface area (Å²) >= 11 is 0. The first kappa shape index (κ1) is 41.6. The van der Waals surface area contributed by atoms with Crippen molar-refractivity contribution in [2.45, 2.75) is 27.7 Å². The second kappa shape index (κ2) is 17.3. The number of methoxy groups -OCH3 is 6. The van der Waals surface area contributed by atoms with E-state index in [2.05, 4.69) is 27.7 Å². The van der Waals surface area contributed by atoms with Gasteiger partial charge in [0, 0.05) is 15.6 Å². The summed E-state index contributed by atoms with van der Waals surface area (Å²) in [6, 6.07) is 17.7. The quantitative estimate of drug-likeness (QED) is 0.0935. The zero-order valence-electron chi connectivity index (χ0n) is 26.8. The molecule has 0 saturated carbocycles. The van der Waals surface area contributed by atoms with Gasteiger partial charge in [0.1, 0.15) is 34.5 Å². The number of halogens is 3. The normalized spacial score (nSPS) is 10.2. The van der Waals surface area contributed by atoms with Crippen LogP contribution < -0.4 is 86.4 Å². The molecule has 0 heterocycles. The number of hydrogen-bond acceptors (Lipinski definition) is 6. The van der Waals surface area contributed by atoms with Crippen LogP contribution in [0.3, 0.4) is 0 Å². The molecule has 0 aliphatic carbocycles. The molecule has 0 aliphatic rings. The molecule has 0 spiro atoms. The molecule has 0 unspecified atom stereocenters. The molecule has 236 valence electrons. The van der Waals surface area contributed by atoms with Crippen LogP contribution in [0.2, 0.25) is 0 Å². The van der Waals surface area contributed by atoms with Gasteiger partial charge in [-0.15, -0.1) is 5.19 Å². The molecule has 0 saturated heterocycles. The molecule has 0 fully saturated rings. The molecule has 0 atom stereocenters. The van der Waals surface area contributed by atoms with Crippen LogP contribution in [0.1, 0.15) is 22.3 Å². The third-order valence-corrected chi connectivity index (χ3v) is 13.4. The monoisotopic (exact) mass is 712 g/mol. The first-order valence-corrected chi connectivity index (χ1v) is 15.2. The molecule has 0 bridgehead atoms. The summed E-state index contributed by atoms with van der Waals surface area (Å²) in [5.41, 5.74) is 4.85. The van der Waals surface area contributed by atoms with Crippen molar-refractivity contribution in [3.05, 3.63) is 76.9 Å². The summed E-state index contributed by atoms with van der Waals surface area (Å²) in [5.74, 6) is 4.18. The fraction of sp³-hybridized carbons (Fsp3) is 0.303. The minimum atomic E-state index is -3.54. The Morgan fingerprint density at radius 2 is 0.636 bits per heavy atom. The van der Waals surface area contributed by atoms with Crippen LogP contribution in [-0.2, 0) is 21.7 Å². The molecule has 0 radical (unpaired) electrons. The van der Waals surface area contributed by atoms with E-state index in [1.165, 1.54) is 27.4 Å². The van der Waals surface area contributed by atoms with Gasteiger partial charge in [-0.2, -0.15) is 22.3 Å². The average Bonchev–Trinajstić information content (AvgIpc) is 3.19.